The van der Waals surface area contributed by atoms with Crippen LogP contribution in [0.15, 0.2) is 42.7 Å². The molecule has 2 heterocycles. The van der Waals surface area contributed by atoms with Crippen LogP contribution in [-0.2, 0) is 6.54 Å². The summed E-state index contributed by atoms with van der Waals surface area (Å²) in [4.78, 5) is 12.7. The van der Waals surface area contributed by atoms with Gasteiger partial charge in [-0.15, -0.1) is 0 Å². The van der Waals surface area contributed by atoms with Gasteiger partial charge in [-0.2, -0.15) is 10.2 Å². The van der Waals surface area contributed by atoms with E-state index in [0.717, 1.165) is 0 Å². The van der Waals surface area contributed by atoms with Gasteiger partial charge in [0, 0.05) is 18.4 Å². The molecule has 0 radical (unpaired) electrons. The lowest BCUT2D eigenvalue weighted by Crippen LogP contribution is -2.36. The second-order valence-corrected chi connectivity index (χ2v) is 6.04. The van der Waals surface area contributed by atoms with Crippen molar-refractivity contribution >= 4 is 5.91 Å². The summed E-state index contributed by atoms with van der Waals surface area (Å²) < 4.78 is 16.5. The van der Waals surface area contributed by atoms with Gasteiger partial charge in [0.2, 0.25) is 0 Å². The Morgan fingerprint density at radius 2 is 2.00 bits per heavy atom. The number of aryl methyl sites for hydroxylation is 1. The van der Waals surface area contributed by atoms with Gasteiger partial charge in [0.25, 0.3) is 5.91 Å². The van der Waals surface area contributed by atoms with Gasteiger partial charge < -0.3 is 5.32 Å². The second-order valence-electron chi connectivity index (χ2n) is 6.04. The number of hydrogen-bond donors (Lipinski definition) is 1. The van der Waals surface area contributed by atoms with Crippen molar-refractivity contribution in [3.63, 3.8) is 0 Å². The van der Waals surface area contributed by atoms with E-state index >= 15 is 0 Å². The summed E-state index contributed by atoms with van der Waals surface area (Å²) in [6.45, 7) is 6.13. The maximum Gasteiger partial charge on any atom is 0.255 e. The van der Waals surface area contributed by atoms with Crippen LogP contribution in [0.5, 0.6) is 0 Å². The summed E-state index contributed by atoms with van der Waals surface area (Å²) in [6.07, 6.45) is 3.56. The molecule has 0 fully saturated rings. The number of carbonyl (C=O) groups excluding carboxylic acids is 1. The average Bonchev–Trinajstić information content (AvgIpc) is 3.16. The lowest BCUT2D eigenvalue weighted by molar-refractivity contribution is 0.0934. The number of amides is 1. The third-order valence-electron chi connectivity index (χ3n) is 3.99. The molecule has 1 amide bonds. The molecule has 1 aromatic carbocycles. The zero-order valence-electron chi connectivity index (χ0n) is 14.4. The molecule has 25 heavy (non-hydrogen) atoms. The quantitative estimate of drug-likeness (QED) is 0.776. The molecule has 7 heteroatoms. The minimum Gasteiger partial charge on any atom is -0.348 e. The van der Waals surface area contributed by atoms with Gasteiger partial charge in [-0.1, -0.05) is 0 Å². The topological polar surface area (TPSA) is 64.7 Å². The standard InChI is InChI=1S/C18H20FN5O/c1-12(11-23-10-4-9-20-23)21-18(25)17-13(2)22-24(14(17)3)16-7-5-15(19)6-8-16/h4-10,12H,11H2,1-3H3,(H,21,25). The summed E-state index contributed by atoms with van der Waals surface area (Å²) in [5, 5.41) is 11.5. The lowest BCUT2D eigenvalue weighted by atomic mass is 10.1. The Morgan fingerprint density at radius 1 is 1.28 bits per heavy atom. The SMILES string of the molecule is Cc1nn(-c2ccc(F)cc2)c(C)c1C(=O)NC(C)Cn1cccn1. The maximum atomic E-state index is 13.1. The molecule has 6 nitrogen and oxygen atoms in total. The fourth-order valence-electron chi connectivity index (χ4n) is 2.84. The highest BCUT2D eigenvalue weighted by molar-refractivity contribution is 5.96. The Morgan fingerprint density at radius 3 is 2.64 bits per heavy atom. The smallest absolute Gasteiger partial charge is 0.255 e. The van der Waals surface area contributed by atoms with Crippen molar-refractivity contribution in [1.82, 2.24) is 24.9 Å². The van der Waals surface area contributed by atoms with E-state index in [1.807, 2.05) is 26.1 Å². The van der Waals surface area contributed by atoms with Gasteiger partial charge in [0.05, 0.1) is 29.2 Å². The summed E-state index contributed by atoms with van der Waals surface area (Å²) in [5.74, 6) is -0.487. The third-order valence-corrected chi connectivity index (χ3v) is 3.99. The van der Waals surface area contributed by atoms with Crippen molar-refractivity contribution in [2.24, 2.45) is 0 Å². The van der Waals surface area contributed by atoms with Crippen LogP contribution in [0.1, 0.15) is 28.7 Å². The van der Waals surface area contributed by atoms with Crippen molar-refractivity contribution in [2.75, 3.05) is 0 Å². The molecule has 1 unspecified atom stereocenters. The highest BCUT2D eigenvalue weighted by Gasteiger charge is 2.20. The van der Waals surface area contributed by atoms with Crippen molar-refractivity contribution in [2.45, 2.75) is 33.4 Å². The molecule has 0 aliphatic carbocycles. The molecule has 0 bridgehead atoms. The summed E-state index contributed by atoms with van der Waals surface area (Å²) in [7, 11) is 0. The van der Waals surface area contributed by atoms with Crippen molar-refractivity contribution in [1.29, 1.82) is 0 Å². The minimum absolute atomic E-state index is 0.0830. The van der Waals surface area contributed by atoms with E-state index in [1.165, 1.54) is 12.1 Å². The maximum absolute atomic E-state index is 13.1. The molecule has 1 N–H and O–H groups in total. The van der Waals surface area contributed by atoms with Crippen LogP contribution in [0, 0.1) is 19.7 Å². The Bertz CT molecular complexity index is 868. The largest absolute Gasteiger partial charge is 0.348 e. The van der Waals surface area contributed by atoms with Crippen molar-refractivity contribution in [3.05, 3.63) is 65.5 Å². The van der Waals surface area contributed by atoms with Crippen LogP contribution in [0.3, 0.4) is 0 Å². The Balaban J connectivity index is 1.79. The zero-order chi connectivity index (χ0) is 18.0. The molecular formula is C18H20FN5O. The highest BCUT2D eigenvalue weighted by Crippen LogP contribution is 2.18. The molecule has 0 saturated carbocycles. The molecule has 0 spiro atoms. The fraction of sp³-hybridized carbons (Fsp3) is 0.278. The van der Waals surface area contributed by atoms with Crippen LogP contribution in [0.25, 0.3) is 5.69 Å². The first kappa shape index (κ1) is 16.9. The first-order valence-electron chi connectivity index (χ1n) is 8.06. The van der Waals surface area contributed by atoms with Crippen molar-refractivity contribution < 1.29 is 9.18 Å². The van der Waals surface area contributed by atoms with E-state index in [4.69, 9.17) is 0 Å². The van der Waals surface area contributed by atoms with Gasteiger partial charge in [0.15, 0.2) is 0 Å². The van der Waals surface area contributed by atoms with Crippen LogP contribution < -0.4 is 5.32 Å². The first-order chi connectivity index (χ1) is 12.0. The van der Waals surface area contributed by atoms with E-state index in [-0.39, 0.29) is 17.8 Å². The normalized spacial score (nSPS) is 12.2. The summed E-state index contributed by atoms with van der Waals surface area (Å²) in [5.41, 5.74) is 2.60. The minimum atomic E-state index is -0.310. The molecule has 1 atom stereocenters. The number of halogens is 1. The molecule has 2 aromatic heterocycles. The number of benzene rings is 1. The van der Waals surface area contributed by atoms with Gasteiger partial charge in [-0.3, -0.25) is 9.48 Å². The lowest BCUT2D eigenvalue weighted by Gasteiger charge is -2.14. The summed E-state index contributed by atoms with van der Waals surface area (Å²) >= 11 is 0. The number of rotatable bonds is 5. The predicted molar refractivity (Wildman–Crippen MR) is 92.2 cm³/mol. The second kappa shape index (κ2) is 6.88. The molecule has 130 valence electrons. The first-order valence-corrected chi connectivity index (χ1v) is 8.06. The van der Waals surface area contributed by atoms with Crippen LogP contribution in [0.2, 0.25) is 0 Å². The predicted octanol–water partition coefficient (Wildman–Crippen LogP) is 2.64. The van der Waals surface area contributed by atoms with Gasteiger partial charge >= 0.3 is 0 Å². The van der Waals surface area contributed by atoms with E-state index in [0.29, 0.717) is 29.2 Å². The van der Waals surface area contributed by atoms with E-state index < -0.39 is 0 Å². The van der Waals surface area contributed by atoms with E-state index in [1.54, 1.807) is 34.6 Å². The molecule has 0 aliphatic heterocycles. The number of hydrogen-bond acceptors (Lipinski definition) is 3. The van der Waals surface area contributed by atoms with Crippen LogP contribution in [0.4, 0.5) is 4.39 Å². The summed E-state index contributed by atoms with van der Waals surface area (Å²) in [6, 6.07) is 7.78. The number of aromatic nitrogens is 4. The van der Waals surface area contributed by atoms with Crippen molar-refractivity contribution in [3.8, 4) is 5.69 Å². The van der Waals surface area contributed by atoms with Gasteiger partial charge in [-0.25, -0.2) is 9.07 Å². The molecule has 3 rings (SSSR count). The number of carbonyl (C=O) groups is 1. The van der Waals surface area contributed by atoms with E-state index in [2.05, 4.69) is 15.5 Å². The Labute approximate surface area is 145 Å². The van der Waals surface area contributed by atoms with Gasteiger partial charge in [-0.05, 0) is 51.1 Å². The average molecular weight is 341 g/mol. The molecule has 0 aliphatic rings. The molecule has 3 aromatic rings. The highest BCUT2D eigenvalue weighted by atomic mass is 19.1. The third kappa shape index (κ3) is 3.60. The Kier molecular flexibility index (Phi) is 4.65. The van der Waals surface area contributed by atoms with E-state index in [9.17, 15) is 9.18 Å². The van der Waals surface area contributed by atoms with Gasteiger partial charge in [0.1, 0.15) is 5.82 Å². The van der Waals surface area contributed by atoms with Crippen LogP contribution >= 0.6 is 0 Å². The molecule has 0 saturated heterocycles. The Hall–Kier alpha value is -2.96. The number of nitrogens with zero attached hydrogens (tertiary/aromatic N) is 4. The zero-order valence-corrected chi connectivity index (χ0v) is 14.4. The monoisotopic (exact) mass is 341 g/mol. The molecular weight excluding hydrogens is 321 g/mol. The number of nitrogens with one attached hydrogen (secondary N) is 1. The fourth-order valence-corrected chi connectivity index (χ4v) is 2.84. The van der Waals surface area contributed by atoms with Crippen LogP contribution in [-0.4, -0.2) is 31.5 Å².